The van der Waals surface area contributed by atoms with Crippen molar-refractivity contribution in [3.8, 4) is 0 Å². The number of carbonyl (C=O) groups is 2. The van der Waals surface area contributed by atoms with Crippen LogP contribution in [0.15, 0.2) is 12.3 Å². The number of rotatable bonds is 6. The van der Waals surface area contributed by atoms with Gasteiger partial charge in [-0.25, -0.2) is 4.79 Å². The number of anilines is 1. The van der Waals surface area contributed by atoms with Gasteiger partial charge in [0.2, 0.25) is 0 Å². The van der Waals surface area contributed by atoms with E-state index in [-0.39, 0.29) is 18.4 Å². The number of carboxylic acid groups (broad SMARTS) is 1. The zero-order valence-electron chi connectivity index (χ0n) is 10.8. The number of hydrogen-bond acceptors (Lipinski definition) is 3. The fourth-order valence-electron chi connectivity index (χ4n) is 1.95. The Morgan fingerprint density at radius 1 is 1.58 bits per heavy atom. The second kappa shape index (κ2) is 5.73. The molecule has 0 aromatic carbocycles. The molecule has 1 fully saturated rings. The van der Waals surface area contributed by atoms with E-state index in [0.717, 1.165) is 19.4 Å². The number of aliphatic carboxylic acids is 1. The van der Waals surface area contributed by atoms with Crippen molar-refractivity contribution in [2.24, 2.45) is 5.92 Å². The third-order valence-electron chi connectivity index (χ3n) is 3.11. The Morgan fingerprint density at radius 2 is 2.32 bits per heavy atom. The van der Waals surface area contributed by atoms with Crippen molar-refractivity contribution in [2.45, 2.75) is 38.8 Å². The first-order valence-electron chi connectivity index (χ1n) is 6.41. The fourth-order valence-corrected chi connectivity index (χ4v) is 1.95. The molecule has 104 valence electrons. The third-order valence-corrected chi connectivity index (χ3v) is 3.11. The Balaban J connectivity index is 1.86. The molecule has 2 rings (SSSR count). The SMILES string of the molecule is CCn1ccc(NC(=O)NC(CC(=O)O)C2CC2)n1. The van der Waals surface area contributed by atoms with Crippen molar-refractivity contribution < 1.29 is 14.7 Å². The first-order valence-corrected chi connectivity index (χ1v) is 6.41. The van der Waals surface area contributed by atoms with Crippen LogP contribution in [0.25, 0.3) is 0 Å². The van der Waals surface area contributed by atoms with Crippen LogP contribution in [0.3, 0.4) is 0 Å². The zero-order valence-corrected chi connectivity index (χ0v) is 10.8. The Labute approximate surface area is 111 Å². The zero-order chi connectivity index (χ0) is 13.8. The quantitative estimate of drug-likeness (QED) is 0.722. The van der Waals surface area contributed by atoms with Gasteiger partial charge in [-0.1, -0.05) is 0 Å². The highest BCUT2D eigenvalue weighted by Gasteiger charge is 2.33. The summed E-state index contributed by atoms with van der Waals surface area (Å²) in [4.78, 5) is 22.5. The predicted octanol–water partition coefficient (Wildman–Crippen LogP) is 1.28. The summed E-state index contributed by atoms with van der Waals surface area (Å²) >= 11 is 0. The highest BCUT2D eigenvalue weighted by molar-refractivity contribution is 5.88. The van der Waals surface area contributed by atoms with Gasteiger partial charge in [0.25, 0.3) is 0 Å². The molecule has 7 nitrogen and oxygen atoms in total. The van der Waals surface area contributed by atoms with Crippen molar-refractivity contribution in [2.75, 3.05) is 5.32 Å². The molecule has 1 saturated carbocycles. The molecule has 0 radical (unpaired) electrons. The average Bonchev–Trinajstić information content (AvgIpc) is 3.09. The molecule has 1 heterocycles. The van der Waals surface area contributed by atoms with Gasteiger partial charge in [-0.3, -0.25) is 14.8 Å². The van der Waals surface area contributed by atoms with Gasteiger partial charge in [0, 0.05) is 24.8 Å². The Bertz CT molecular complexity index is 467. The first kappa shape index (κ1) is 13.4. The molecule has 1 aromatic heterocycles. The Morgan fingerprint density at radius 3 is 2.84 bits per heavy atom. The summed E-state index contributed by atoms with van der Waals surface area (Å²) in [5.74, 6) is -0.147. The molecule has 3 N–H and O–H groups in total. The van der Waals surface area contributed by atoms with Crippen molar-refractivity contribution in [1.29, 1.82) is 0 Å². The molecule has 1 atom stereocenters. The minimum absolute atomic E-state index is 0.0402. The maximum Gasteiger partial charge on any atom is 0.320 e. The molecule has 1 unspecified atom stereocenters. The van der Waals surface area contributed by atoms with E-state index in [2.05, 4.69) is 15.7 Å². The smallest absolute Gasteiger partial charge is 0.320 e. The van der Waals surface area contributed by atoms with E-state index in [1.165, 1.54) is 0 Å². The van der Waals surface area contributed by atoms with Crippen LogP contribution in [0.4, 0.5) is 10.6 Å². The second-order valence-electron chi connectivity index (χ2n) is 4.70. The summed E-state index contributed by atoms with van der Waals surface area (Å²) < 4.78 is 1.70. The molecule has 0 aliphatic heterocycles. The average molecular weight is 266 g/mol. The molecular formula is C12H18N4O3. The molecule has 7 heteroatoms. The van der Waals surface area contributed by atoms with Crippen LogP contribution in [0.5, 0.6) is 0 Å². The molecular weight excluding hydrogens is 248 g/mol. The maximum atomic E-state index is 11.8. The summed E-state index contributed by atoms with van der Waals surface area (Å²) in [6.07, 6.45) is 3.68. The van der Waals surface area contributed by atoms with Gasteiger partial charge in [-0.05, 0) is 25.7 Å². The second-order valence-corrected chi connectivity index (χ2v) is 4.70. The van der Waals surface area contributed by atoms with Gasteiger partial charge >= 0.3 is 12.0 Å². The monoisotopic (exact) mass is 266 g/mol. The summed E-state index contributed by atoms with van der Waals surface area (Å²) in [5.41, 5.74) is 0. The Kier molecular flexibility index (Phi) is 4.03. The number of urea groups is 1. The minimum Gasteiger partial charge on any atom is -0.481 e. The molecule has 19 heavy (non-hydrogen) atoms. The highest BCUT2D eigenvalue weighted by atomic mass is 16.4. The van der Waals surface area contributed by atoms with Crippen LogP contribution in [-0.2, 0) is 11.3 Å². The fraction of sp³-hybridized carbons (Fsp3) is 0.583. The van der Waals surface area contributed by atoms with Crippen molar-refractivity contribution >= 4 is 17.8 Å². The lowest BCUT2D eigenvalue weighted by Crippen LogP contribution is -2.40. The van der Waals surface area contributed by atoms with Gasteiger partial charge < -0.3 is 10.4 Å². The van der Waals surface area contributed by atoms with Crippen LogP contribution in [0.1, 0.15) is 26.2 Å². The van der Waals surface area contributed by atoms with E-state index < -0.39 is 12.0 Å². The van der Waals surface area contributed by atoms with E-state index in [1.807, 2.05) is 6.92 Å². The number of aryl methyl sites for hydroxylation is 1. The van der Waals surface area contributed by atoms with Gasteiger partial charge in [-0.15, -0.1) is 0 Å². The largest absolute Gasteiger partial charge is 0.481 e. The number of hydrogen-bond donors (Lipinski definition) is 3. The van der Waals surface area contributed by atoms with Gasteiger partial charge in [0.05, 0.1) is 6.42 Å². The van der Waals surface area contributed by atoms with Gasteiger partial charge in [0.1, 0.15) is 0 Å². The van der Waals surface area contributed by atoms with E-state index in [9.17, 15) is 9.59 Å². The van der Waals surface area contributed by atoms with Crippen LogP contribution in [-0.4, -0.2) is 32.9 Å². The topological polar surface area (TPSA) is 96.2 Å². The molecule has 1 aliphatic carbocycles. The summed E-state index contributed by atoms with van der Waals surface area (Å²) in [6.45, 7) is 2.68. The van der Waals surface area contributed by atoms with Crippen LogP contribution in [0.2, 0.25) is 0 Å². The number of amides is 2. The van der Waals surface area contributed by atoms with E-state index in [4.69, 9.17) is 5.11 Å². The standard InChI is InChI=1S/C12H18N4O3/c1-2-16-6-5-10(15-16)14-12(19)13-9(7-11(17)18)8-3-4-8/h5-6,8-9H,2-4,7H2,1H3,(H,17,18)(H2,13,14,15,19). The van der Waals surface area contributed by atoms with E-state index in [0.29, 0.717) is 5.82 Å². The lowest BCUT2D eigenvalue weighted by molar-refractivity contribution is -0.137. The predicted molar refractivity (Wildman–Crippen MR) is 68.8 cm³/mol. The van der Waals surface area contributed by atoms with Crippen LogP contribution < -0.4 is 10.6 Å². The van der Waals surface area contributed by atoms with Crippen LogP contribution in [0, 0.1) is 5.92 Å². The van der Waals surface area contributed by atoms with Crippen molar-refractivity contribution in [1.82, 2.24) is 15.1 Å². The molecule has 0 spiro atoms. The highest BCUT2D eigenvalue weighted by Crippen LogP contribution is 2.34. The maximum absolute atomic E-state index is 11.8. The molecule has 0 bridgehead atoms. The molecule has 2 amide bonds. The molecule has 0 saturated heterocycles. The van der Waals surface area contributed by atoms with Gasteiger partial charge in [0.15, 0.2) is 5.82 Å². The summed E-state index contributed by atoms with van der Waals surface area (Å²) in [5, 5.41) is 18.3. The number of carboxylic acids is 1. The number of nitrogens with one attached hydrogen (secondary N) is 2. The number of carbonyl (C=O) groups excluding carboxylic acids is 1. The lowest BCUT2D eigenvalue weighted by atomic mass is 10.1. The third kappa shape index (κ3) is 3.97. The lowest BCUT2D eigenvalue weighted by Gasteiger charge is -2.15. The Hall–Kier alpha value is -2.05. The van der Waals surface area contributed by atoms with E-state index >= 15 is 0 Å². The minimum atomic E-state index is -0.896. The normalized spacial score (nSPS) is 15.8. The number of nitrogens with zero attached hydrogens (tertiary/aromatic N) is 2. The van der Waals surface area contributed by atoms with Gasteiger partial charge in [-0.2, -0.15) is 5.10 Å². The molecule has 1 aliphatic rings. The van der Waals surface area contributed by atoms with Crippen molar-refractivity contribution in [3.63, 3.8) is 0 Å². The summed E-state index contributed by atoms with van der Waals surface area (Å²) in [7, 11) is 0. The van der Waals surface area contributed by atoms with Crippen LogP contribution >= 0.6 is 0 Å². The van der Waals surface area contributed by atoms with Crippen molar-refractivity contribution in [3.05, 3.63) is 12.3 Å². The summed E-state index contributed by atoms with van der Waals surface area (Å²) in [6, 6.07) is 0.997. The molecule has 1 aromatic rings. The van der Waals surface area contributed by atoms with E-state index in [1.54, 1.807) is 16.9 Å². The first-order chi connectivity index (χ1) is 9.08. The number of aromatic nitrogens is 2.